The van der Waals surface area contributed by atoms with E-state index < -0.39 is 9.76 Å². The molecule has 0 spiro atoms. The van der Waals surface area contributed by atoms with Crippen molar-refractivity contribution < 1.29 is 4.80 Å². The monoisotopic (exact) mass is 150 g/mol. The van der Waals surface area contributed by atoms with E-state index in [9.17, 15) is 0 Å². The molecule has 0 aromatic carbocycles. The summed E-state index contributed by atoms with van der Waals surface area (Å²) in [5, 5.41) is 0.210. The largest absolute Gasteiger partial charge is 0.438 e. The number of hydrogen-bond donors (Lipinski definition) is 2. The molecule has 0 amide bonds. The van der Waals surface area contributed by atoms with E-state index in [4.69, 9.17) is 4.80 Å². The van der Waals surface area contributed by atoms with E-state index in [1.807, 2.05) is 0 Å². The summed E-state index contributed by atoms with van der Waals surface area (Å²) >= 11 is 4.08. The Morgan fingerprint density at radius 3 is 2.25 bits per heavy atom. The molecule has 0 bridgehead atoms. The van der Waals surface area contributed by atoms with E-state index in [0.717, 1.165) is 12.2 Å². The minimum absolute atomic E-state index is 0.210. The van der Waals surface area contributed by atoms with E-state index in [1.54, 1.807) is 0 Å². The lowest BCUT2D eigenvalue weighted by Gasteiger charge is -2.18. The molecule has 0 heterocycles. The summed E-state index contributed by atoms with van der Waals surface area (Å²) < 4.78 is 0. The van der Waals surface area contributed by atoms with Crippen molar-refractivity contribution in [2.24, 2.45) is 0 Å². The Morgan fingerprint density at radius 1 is 1.62 bits per heavy atom. The Morgan fingerprint density at radius 2 is 2.12 bits per heavy atom. The van der Waals surface area contributed by atoms with Gasteiger partial charge in [-0.1, -0.05) is 13.8 Å². The van der Waals surface area contributed by atoms with E-state index in [0.29, 0.717) is 0 Å². The van der Waals surface area contributed by atoms with Crippen LogP contribution < -0.4 is 0 Å². The average molecular weight is 150 g/mol. The molecule has 0 rings (SSSR count). The lowest BCUT2D eigenvalue weighted by molar-refractivity contribution is 0.517. The van der Waals surface area contributed by atoms with Gasteiger partial charge in [0, 0.05) is 0 Å². The maximum absolute atomic E-state index is 8.83. The lowest BCUT2D eigenvalue weighted by Crippen LogP contribution is -2.12. The van der Waals surface area contributed by atoms with Crippen LogP contribution in [0.25, 0.3) is 0 Å². The minimum atomic E-state index is -0.818. The van der Waals surface area contributed by atoms with Gasteiger partial charge in [0.15, 0.2) is 9.76 Å². The van der Waals surface area contributed by atoms with Crippen LogP contribution in [0.2, 0.25) is 5.04 Å². The van der Waals surface area contributed by atoms with Crippen LogP contribution in [0.1, 0.15) is 20.3 Å². The highest BCUT2D eigenvalue weighted by Gasteiger charge is 2.14. The van der Waals surface area contributed by atoms with Gasteiger partial charge in [-0.05, 0) is 17.2 Å². The van der Waals surface area contributed by atoms with E-state index in [-0.39, 0.29) is 5.04 Å². The molecule has 50 valence electrons. The van der Waals surface area contributed by atoms with Crippen LogP contribution in [-0.2, 0) is 0 Å². The summed E-state index contributed by atoms with van der Waals surface area (Å²) in [6.07, 6.45) is 1.04. The summed E-state index contributed by atoms with van der Waals surface area (Å²) in [6.45, 7) is 4.19. The molecule has 0 aromatic rings. The van der Waals surface area contributed by atoms with Crippen LogP contribution in [0.15, 0.2) is 0 Å². The highest BCUT2D eigenvalue weighted by Crippen LogP contribution is 2.25. The third kappa shape index (κ3) is 3.52. The summed E-state index contributed by atoms with van der Waals surface area (Å²) in [5.41, 5.74) is 0. The molecule has 0 aliphatic carbocycles. The van der Waals surface area contributed by atoms with Gasteiger partial charge in [0.25, 0.3) is 0 Å². The molecule has 0 aromatic heterocycles. The Hall–Kier alpha value is 0.527. The van der Waals surface area contributed by atoms with Gasteiger partial charge >= 0.3 is 0 Å². The first kappa shape index (κ1) is 8.53. The first-order chi connectivity index (χ1) is 3.62. The highest BCUT2D eigenvalue weighted by molar-refractivity contribution is 7.80. The van der Waals surface area contributed by atoms with E-state index in [2.05, 4.69) is 26.5 Å². The van der Waals surface area contributed by atoms with Crippen molar-refractivity contribution in [1.29, 1.82) is 0 Å². The lowest BCUT2D eigenvalue weighted by atomic mass is 10.1. The minimum Gasteiger partial charge on any atom is -0.438 e. The van der Waals surface area contributed by atoms with Crippen molar-refractivity contribution in [3.8, 4) is 0 Å². The van der Waals surface area contributed by atoms with Crippen molar-refractivity contribution in [3.63, 3.8) is 0 Å². The molecule has 0 saturated heterocycles. The first-order valence-electron chi connectivity index (χ1n) is 2.84. The molecule has 0 unspecified atom stereocenters. The van der Waals surface area contributed by atoms with E-state index >= 15 is 0 Å². The van der Waals surface area contributed by atoms with Gasteiger partial charge < -0.3 is 4.80 Å². The Labute approximate surface area is 58.8 Å². The third-order valence-electron chi connectivity index (χ3n) is 1.22. The Bertz CT molecular complexity index is 65.4. The Balaban J connectivity index is 3.37. The summed E-state index contributed by atoms with van der Waals surface area (Å²) in [5.74, 6) is 0.889. The topological polar surface area (TPSA) is 20.2 Å². The third-order valence-corrected chi connectivity index (χ3v) is 2.65. The molecule has 0 radical (unpaired) electrons. The number of rotatable bonds is 3. The standard InChI is InChI=1S/C5H14OSSi/c1-5(2,8-6)3-4-7/h6-7H,3-4,8H2,1-2H3. The second-order valence-corrected chi connectivity index (χ2v) is 5.47. The zero-order chi connectivity index (χ0) is 6.62. The maximum Gasteiger partial charge on any atom is 0.162 e. The molecule has 1 nitrogen and oxygen atoms in total. The molecular weight excluding hydrogens is 136 g/mol. The van der Waals surface area contributed by atoms with Crippen molar-refractivity contribution in [2.45, 2.75) is 25.3 Å². The molecule has 1 N–H and O–H groups in total. The van der Waals surface area contributed by atoms with Crippen molar-refractivity contribution in [2.75, 3.05) is 5.75 Å². The molecule has 3 heteroatoms. The zero-order valence-corrected chi connectivity index (χ0v) is 7.82. The van der Waals surface area contributed by atoms with E-state index in [1.165, 1.54) is 0 Å². The van der Waals surface area contributed by atoms with Crippen LogP contribution in [0.5, 0.6) is 0 Å². The van der Waals surface area contributed by atoms with Crippen LogP contribution >= 0.6 is 12.6 Å². The van der Waals surface area contributed by atoms with Crippen LogP contribution in [0.4, 0.5) is 0 Å². The molecule has 8 heavy (non-hydrogen) atoms. The van der Waals surface area contributed by atoms with Gasteiger partial charge in [-0.15, -0.1) is 0 Å². The van der Waals surface area contributed by atoms with Crippen LogP contribution in [0.3, 0.4) is 0 Å². The van der Waals surface area contributed by atoms with Gasteiger partial charge in [-0.3, -0.25) is 0 Å². The second kappa shape index (κ2) is 3.53. The molecular formula is C5H14OSSi. The smallest absolute Gasteiger partial charge is 0.162 e. The predicted octanol–water partition coefficient (Wildman–Crippen LogP) is 0.581. The molecule has 0 fully saturated rings. The van der Waals surface area contributed by atoms with Crippen molar-refractivity contribution in [1.82, 2.24) is 0 Å². The van der Waals surface area contributed by atoms with Crippen molar-refractivity contribution >= 4 is 22.4 Å². The molecule has 0 aliphatic heterocycles. The van der Waals surface area contributed by atoms with Gasteiger partial charge in [0.2, 0.25) is 0 Å². The quantitative estimate of drug-likeness (QED) is 0.445. The fourth-order valence-corrected chi connectivity index (χ4v) is 1.62. The molecule has 0 atom stereocenters. The molecule has 0 aliphatic rings. The normalized spacial score (nSPS) is 13.5. The fraction of sp³-hybridized carbons (Fsp3) is 1.00. The highest BCUT2D eigenvalue weighted by atomic mass is 32.1. The Kier molecular flexibility index (Phi) is 3.77. The summed E-state index contributed by atoms with van der Waals surface area (Å²) in [4.78, 5) is 8.83. The molecule has 0 saturated carbocycles. The summed E-state index contributed by atoms with van der Waals surface area (Å²) in [6, 6.07) is 0. The van der Waals surface area contributed by atoms with Gasteiger partial charge in [0.05, 0.1) is 0 Å². The van der Waals surface area contributed by atoms with Gasteiger partial charge in [-0.25, -0.2) is 0 Å². The average Bonchev–Trinajstić information content (AvgIpc) is 1.67. The number of thiol groups is 1. The second-order valence-electron chi connectivity index (χ2n) is 2.80. The summed E-state index contributed by atoms with van der Waals surface area (Å²) in [7, 11) is -0.818. The first-order valence-corrected chi connectivity index (χ1v) is 4.81. The van der Waals surface area contributed by atoms with Crippen molar-refractivity contribution in [3.05, 3.63) is 0 Å². The van der Waals surface area contributed by atoms with Gasteiger partial charge in [0.1, 0.15) is 0 Å². The zero-order valence-electron chi connectivity index (χ0n) is 5.52. The SMILES string of the molecule is CC(C)(CCS)[SiH2]O. The van der Waals surface area contributed by atoms with Crippen LogP contribution in [-0.4, -0.2) is 20.3 Å². The predicted molar refractivity (Wildman–Crippen MR) is 43.3 cm³/mol. The fourth-order valence-electron chi connectivity index (χ4n) is 0.382. The number of hydrogen-bond acceptors (Lipinski definition) is 2. The van der Waals surface area contributed by atoms with Gasteiger partial charge in [-0.2, -0.15) is 12.6 Å². The maximum atomic E-state index is 8.83. The van der Waals surface area contributed by atoms with Crippen LogP contribution in [0, 0.1) is 0 Å².